The summed E-state index contributed by atoms with van der Waals surface area (Å²) in [6, 6.07) is 14.1. The Kier molecular flexibility index (Phi) is 6.97. The van der Waals surface area contributed by atoms with Crippen molar-refractivity contribution in [3.63, 3.8) is 0 Å². The molecule has 7 heteroatoms. The molecule has 1 aliphatic carbocycles. The Balaban J connectivity index is 1.38. The molecule has 1 aromatic carbocycles. The molecule has 0 bridgehead atoms. The summed E-state index contributed by atoms with van der Waals surface area (Å²) in [6.45, 7) is 3.32. The average Bonchev–Trinajstić information content (AvgIpc) is 3.39. The molecule has 174 valence electrons. The molecule has 5 rings (SSSR count). The van der Waals surface area contributed by atoms with E-state index >= 15 is 0 Å². The van der Waals surface area contributed by atoms with Crippen molar-refractivity contribution in [1.82, 2.24) is 19.9 Å². The first-order chi connectivity index (χ1) is 16.8. The van der Waals surface area contributed by atoms with Crippen molar-refractivity contribution in [2.75, 3.05) is 23.7 Å². The summed E-state index contributed by atoms with van der Waals surface area (Å²) in [5.74, 6) is 1.34. The number of nitrogens with zero attached hydrogens (tertiary/aromatic N) is 5. The summed E-state index contributed by atoms with van der Waals surface area (Å²) in [4.78, 5) is 16.7. The second kappa shape index (κ2) is 10.6. The van der Waals surface area contributed by atoms with E-state index in [0.717, 1.165) is 42.1 Å². The van der Waals surface area contributed by atoms with E-state index in [2.05, 4.69) is 38.7 Å². The Morgan fingerprint density at radius 3 is 2.41 bits per heavy atom. The van der Waals surface area contributed by atoms with Crippen LogP contribution in [0.2, 0.25) is 0 Å². The van der Waals surface area contributed by atoms with Gasteiger partial charge >= 0.3 is 0 Å². The van der Waals surface area contributed by atoms with E-state index in [9.17, 15) is 0 Å². The smallest absolute Gasteiger partial charge is 0.229 e. The highest BCUT2D eigenvalue weighted by Crippen LogP contribution is 2.29. The molecule has 3 aromatic rings. The van der Waals surface area contributed by atoms with Crippen LogP contribution in [0, 0.1) is 11.3 Å². The van der Waals surface area contributed by atoms with E-state index in [0.29, 0.717) is 17.6 Å². The average molecular weight is 454 g/mol. The molecular formula is C27H31N7. The molecule has 34 heavy (non-hydrogen) atoms. The monoisotopic (exact) mass is 453 g/mol. The molecule has 0 spiro atoms. The zero-order chi connectivity index (χ0) is 23.2. The van der Waals surface area contributed by atoms with Crippen LogP contribution in [0.4, 0.5) is 17.5 Å². The van der Waals surface area contributed by atoms with Crippen molar-refractivity contribution < 1.29 is 0 Å². The van der Waals surface area contributed by atoms with Gasteiger partial charge in [-0.05, 0) is 74.7 Å². The lowest BCUT2D eigenvalue weighted by Gasteiger charge is -2.24. The van der Waals surface area contributed by atoms with Gasteiger partial charge in [0.15, 0.2) is 0 Å². The molecule has 2 N–H and O–H groups in total. The van der Waals surface area contributed by atoms with Crippen LogP contribution in [0.15, 0.2) is 48.8 Å². The third-order valence-corrected chi connectivity index (χ3v) is 6.71. The summed E-state index contributed by atoms with van der Waals surface area (Å²) in [7, 11) is 0. The minimum atomic E-state index is 0.416. The molecule has 1 saturated heterocycles. The predicted molar refractivity (Wildman–Crippen MR) is 135 cm³/mol. The zero-order valence-corrected chi connectivity index (χ0v) is 19.5. The highest BCUT2D eigenvalue weighted by Gasteiger charge is 2.18. The number of benzene rings is 1. The van der Waals surface area contributed by atoms with Gasteiger partial charge in [0.2, 0.25) is 5.95 Å². The molecule has 0 radical (unpaired) electrons. The first kappa shape index (κ1) is 22.3. The van der Waals surface area contributed by atoms with Gasteiger partial charge in [-0.3, -0.25) is 9.88 Å². The molecular weight excluding hydrogens is 422 g/mol. The fourth-order valence-corrected chi connectivity index (χ4v) is 4.81. The van der Waals surface area contributed by atoms with Crippen molar-refractivity contribution >= 4 is 17.5 Å². The highest BCUT2D eigenvalue weighted by atomic mass is 15.2. The minimum absolute atomic E-state index is 0.416. The van der Waals surface area contributed by atoms with Crippen molar-refractivity contribution in [2.45, 2.75) is 57.5 Å². The first-order valence-electron chi connectivity index (χ1n) is 12.4. The summed E-state index contributed by atoms with van der Waals surface area (Å²) in [5, 5.41) is 16.0. The van der Waals surface area contributed by atoms with Crippen molar-refractivity contribution in [2.24, 2.45) is 0 Å². The fourth-order valence-electron chi connectivity index (χ4n) is 4.81. The van der Waals surface area contributed by atoms with Gasteiger partial charge in [-0.2, -0.15) is 10.2 Å². The van der Waals surface area contributed by atoms with Gasteiger partial charge in [0, 0.05) is 30.7 Å². The normalized spacial score (nSPS) is 16.8. The molecule has 1 aliphatic heterocycles. The quantitative estimate of drug-likeness (QED) is 0.488. The third-order valence-electron chi connectivity index (χ3n) is 6.71. The predicted octanol–water partition coefficient (Wildman–Crippen LogP) is 5.49. The van der Waals surface area contributed by atoms with Crippen LogP contribution in [-0.4, -0.2) is 39.0 Å². The first-order valence-corrected chi connectivity index (χ1v) is 12.4. The maximum absolute atomic E-state index is 9.03. The van der Waals surface area contributed by atoms with Crippen LogP contribution in [0.3, 0.4) is 0 Å². The van der Waals surface area contributed by atoms with E-state index < -0.39 is 0 Å². The molecule has 2 fully saturated rings. The van der Waals surface area contributed by atoms with E-state index in [1.165, 1.54) is 50.8 Å². The van der Waals surface area contributed by atoms with Crippen molar-refractivity contribution in [3.8, 4) is 17.3 Å². The summed E-state index contributed by atoms with van der Waals surface area (Å²) in [5.41, 5.74) is 4.52. The van der Waals surface area contributed by atoms with Crippen molar-refractivity contribution in [1.29, 1.82) is 5.26 Å². The number of rotatable bonds is 7. The van der Waals surface area contributed by atoms with Gasteiger partial charge in [-0.25, -0.2) is 4.98 Å². The van der Waals surface area contributed by atoms with Crippen LogP contribution in [0.1, 0.15) is 56.1 Å². The summed E-state index contributed by atoms with van der Waals surface area (Å²) >= 11 is 0. The second-order valence-electron chi connectivity index (χ2n) is 9.28. The Labute approximate surface area is 201 Å². The SMILES string of the molecule is N#Cc1ccc(Nc2ncc(-c3ccc(CN4CCCC4)cn3)c(NC3CCCCC3)n2)cc1. The largest absolute Gasteiger partial charge is 0.367 e. The molecule has 1 saturated carbocycles. The lowest BCUT2D eigenvalue weighted by Crippen LogP contribution is -2.23. The number of nitriles is 1. The van der Waals surface area contributed by atoms with Crippen molar-refractivity contribution in [3.05, 3.63) is 59.9 Å². The third kappa shape index (κ3) is 5.52. The number of hydrogen-bond donors (Lipinski definition) is 2. The number of aromatic nitrogens is 3. The van der Waals surface area contributed by atoms with Crippen LogP contribution in [0.25, 0.3) is 11.3 Å². The molecule has 0 atom stereocenters. The minimum Gasteiger partial charge on any atom is -0.367 e. The lowest BCUT2D eigenvalue weighted by molar-refractivity contribution is 0.331. The van der Waals surface area contributed by atoms with E-state index in [-0.39, 0.29) is 0 Å². The summed E-state index contributed by atoms with van der Waals surface area (Å²) < 4.78 is 0. The highest BCUT2D eigenvalue weighted by molar-refractivity contribution is 5.73. The van der Waals surface area contributed by atoms with Gasteiger partial charge in [-0.1, -0.05) is 25.3 Å². The maximum atomic E-state index is 9.03. The Hall–Kier alpha value is -3.50. The molecule has 7 nitrogen and oxygen atoms in total. The van der Waals surface area contributed by atoms with Crippen LogP contribution in [-0.2, 0) is 6.54 Å². The maximum Gasteiger partial charge on any atom is 0.229 e. The number of hydrogen-bond acceptors (Lipinski definition) is 7. The molecule has 0 amide bonds. The van der Waals surface area contributed by atoms with Crippen LogP contribution in [0.5, 0.6) is 0 Å². The lowest BCUT2D eigenvalue weighted by atomic mass is 9.95. The Morgan fingerprint density at radius 1 is 0.912 bits per heavy atom. The van der Waals surface area contributed by atoms with Gasteiger partial charge in [0.25, 0.3) is 0 Å². The summed E-state index contributed by atoms with van der Waals surface area (Å²) in [6.07, 6.45) is 12.5. The van der Waals surface area contributed by atoms with Gasteiger partial charge in [0.1, 0.15) is 5.82 Å². The number of likely N-dealkylation sites (tertiary alicyclic amines) is 1. The molecule has 2 aromatic heterocycles. The van der Waals surface area contributed by atoms with Gasteiger partial charge in [-0.15, -0.1) is 0 Å². The fraction of sp³-hybridized carbons (Fsp3) is 0.407. The van der Waals surface area contributed by atoms with Gasteiger partial charge in [0.05, 0.1) is 22.9 Å². The zero-order valence-electron chi connectivity index (χ0n) is 19.5. The topological polar surface area (TPSA) is 89.8 Å². The number of nitrogens with one attached hydrogen (secondary N) is 2. The van der Waals surface area contributed by atoms with E-state index in [1.807, 2.05) is 24.5 Å². The number of pyridine rings is 1. The molecule has 2 aliphatic rings. The Bertz CT molecular complexity index is 1120. The number of anilines is 3. The molecule has 3 heterocycles. The standard InChI is InChI=1S/C27H31N7/c28-16-20-8-11-23(12-9-20)32-27-30-18-24(26(33-27)31-22-6-2-1-3-7-22)25-13-10-21(17-29-25)19-34-14-4-5-15-34/h8-13,17-18,22H,1-7,14-15,19H2,(H2,30,31,32,33). The van der Waals surface area contributed by atoms with Crippen LogP contribution < -0.4 is 10.6 Å². The van der Waals surface area contributed by atoms with E-state index in [4.69, 9.17) is 15.2 Å². The Morgan fingerprint density at radius 2 is 1.71 bits per heavy atom. The van der Waals surface area contributed by atoms with E-state index in [1.54, 1.807) is 12.1 Å². The van der Waals surface area contributed by atoms with Crippen LogP contribution >= 0.6 is 0 Å². The van der Waals surface area contributed by atoms with Gasteiger partial charge < -0.3 is 10.6 Å². The molecule has 0 unspecified atom stereocenters. The second-order valence-corrected chi connectivity index (χ2v) is 9.28.